The second-order valence-electron chi connectivity index (χ2n) is 13.6. The van der Waals surface area contributed by atoms with Gasteiger partial charge in [-0.25, -0.2) is 4.21 Å². The van der Waals surface area contributed by atoms with Crippen molar-refractivity contribution in [2.45, 2.75) is 96.1 Å². The third kappa shape index (κ3) is 8.64. The lowest BCUT2D eigenvalue weighted by Crippen LogP contribution is -2.45. The fraction of sp³-hybridized carbons (Fsp3) is 0.639. The van der Waals surface area contributed by atoms with Crippen LogP contribution >= 0.6 is 11.6 Å². The number of nitrogens with one attached hydrogen (secondary N) is 1. The minimum Gasteiger partial charge on any atom is -0.491 e. The minimum atomic E-state index is -1.48. The van der Waals surface area contributed by atoms with Crippen molar-refractivity contribution in [3.05, 3.63) is 58.1 Å². The monoisotopic (exact) mass is 673 g/mol. The molecule has 46 heavy (non-hydrogen) atoms. The van der Waals surface area contributed by atoms with Crippen LogP contribution in [0.3, 0.4) is 0 Å². The number of rotatable bonds is 13. The number of hydrogen-bond acceptors (Lipinski definition) is 7. The topological polar surface area (TPSA) is 103 Å². The van der Waals surface area contributed by atoms with E-state index in [1.165, 1.54) is 11.1 Å². The highest BCUT2D eigenvalue weighted by molar-refractivity contribution is 7.84. The van der Waals surface area contributed by atoms with Crippen LogP contribution in [0.1, 0.15) is 93.6 Å². The zero-order valence-electron chi connectivity index (χ0n) is 27.8. The van der Waals surface area contributed by atoms with E-state index in [-0.39, 0.29) is 35.3 Å². The molecule has 1 aliphatic carbocycles. The third-order valence-electron chi connectivity index (χ3n) is 10.1. The maximum atomic E-state index is 13.4. The molecule has 0 spiro atoms. The van der Waals surface area contributed by atoms with E-state index in [1.807, 2.05) is 25.1 Å². The summed E-state index contributed by atoms with van der Waals surface area (Å²) in [6.45, 7) is 11.5. The maximum absolute atomic E-state index is 13.4. The average Bonchev–Trinajstić information content (AvgIpc) is 3.21. The Hall–Kier alpha value is -2.17. The first-order chi connectivity index (χ1) is 22.2. The molecule has 2 heterocycles. The van der Waals surface area contributed by atoms with Gasteiger partial charge in [0.25, 0.3) is 5.91 Å². The van der Waals surface area contributed by atoms with E-state index in [0.717, 1.165) is 74.5 Å². The first kappa shape index (κ1) is 35.1. The molecule has 5 rings (SSSR count). The predicted octanol–water partition coefficient (Wildman–Crippen LogP) is 6.61. The SMILES string of the molecule is CCCc1cc(Cl)ccc1C1COc2ccc(C(=O)NS(=O)C(C)C(C)CCC)cc2N(CC2CCC2CC2OCC(N)CO2)C1. The number of carbonyl (C=O) groups excluding carboxylic acids is 1. The number of anilines is 1. The first-order valence-corrected chi connectivity index (χ1v) is 18.8. The lowest BCUT2D eigenvalue weighted by atomic mass is 9.71. The van der Waals surface area contributed by atoms with E-state index >= 15 is 0 Å². The second kappa shape index (κ2) is 16.3. The Morgan fingerprint density at radius 1 is 1.07 bits per heavy atom. The Kier molecular flexibility index (Phi) is 12.4. The largest absolute Gasteiger partial charge is 0.491 e. The summed E-state index contributed by atoms with van der Waals surface area (Å²) in [4.78, 5) is 15.8. The number of benzene rings is 2. The van der Waals surface area contributed by atoms with E-state index in [9.17, 15) is 9.00 Å². The van der Waals surface area contributed by atoms with Crippen molar-refractivity contribution in [3.8, 4) is 5.75 Å². The number of halogens is 1. The van der Waals surface area contributed by atoms with Crippen LogP contribution in [0.4, 0.5) is 5.69 Å². The van der Waals surface area contributed by atoms with Crippen molar-refractivity contribution in [1.82, 2.24) is 4.72 Å². The average molecular weight is 674 g/mol. The summed E-state index contributed by atoms with van der Waals surface area (Å²) in [6.07, 6.45) is 6.89. The normalized spacial score (nSPS) is 26.6. The molecule has 2 aromatic rings. The van der Waals surface area contributed by atoms with Gasteiger partial charge >= 0.3 is 0 Å². The van der Waals surface area contributed by atoms with Gasteiger partial charge < -0.3 is 24.8 Å². The van der Waals surface area contributed by atoms with Crippen molar-refractivity contribution < 1.29 is 23.2 Å². The van der Waals surface area contributed by atoms with E-state index in [2.05, 4.69) is 42.5 Å². The predicted molar refractivity (Wildman–Crippen MR) is 186 cm³/mol. The molecule has 1 saturated heterocycles. The Bertz CT molecular complexity index is 1350. The van der Waals surface area contributed by atoms with E-state index < -0.39 is 11.0 Å². The zero-order chi connectivity index (χ0) is 32.8. The summed E-state index contributed by atoms with van der Waals surface area (Å²) in [5.74, 6) is 1.76. The number of nitrogens with two attached hydrogens (primary N) is 1. The molecule has 6 atom stereocenters. The van der Waals surface area contributed by atoms with Gasteiger partial charge in [0.2, 0.25) is 0 Å². The van der Waals surface area contributed by atoms with Crippen molar-refractivity contribution in [2.24, 2.45) is 23.5 Å². The smallest absolute Gasteiger partial charge is 0.263 e. The molecule has 1 saturated carbocycles. The summed E-state index contributed by atoms with van der Waals surface area (Å²) in [5.41, 5.74) is 9.87. The molecule has 0 bridgehead atoms. The molecule has 1 amide bonds. The lowest BCUT2D eigenvalue weighted by Gasteiger charge is -2.43. The van der Waals surface area contributed by atoms with Crippen LogP contribution in [-0.4, -0.2) is 60.6 Å². The van der Waals surface area contributed by atoms with E-state index in [0.29, 0.717) is 37.2 Å². The Balaban J connectivity index is 1.38. The third-order valence-corrected chi connectivity index (χ3v) is 11.9. The van der Waals surface area contributed by atoms with Crippen LogP contribution in [0.2, 0.25) is 5.02 Å². The highest BCUT2D eigenvalue weighted by atomic mass is 35.5. The van der Waals surface area contributed by atoms with Crippen LogP contribution in [0.5, 0.6) is 5.75 Å². The van der Waals surface area contributed by atoms with Crippen LogP contribution in [0.25, 0.3) is 0 Å². The summed E-state index contributed by atoms with van der Waals surface area (Å²) >= 11 is 6.43. The number of carbonyl (C=O) groups is 1. The molecule has 3 aliphatic rings. The molecule has 10 heteroatoms. The summed E-state index contributed by atoms with van der Waals surface area (Å²) < 4.78 is 34.1. The van der Waals surface area contributed by atoms with Crippen molar-refractivity contribution in [3.63, 3.8) is 0 Å². The lowest BCUT2D eigenvalue weighted by molar-refractivity contribution is -0.198. The van der Waals surface area contributed by atoms with E-state index in [4.69, 9.17) is 31.5 Å². The highest BCUT2D eigenvalue weighted by Crippen LogP contribution is 2.43. The van der Waals surface area contributed by atoms with Crippen LogP contribution in [0, 0.1) is 17.8 Å². The molecule has 0 aromatic heterocycles. The van der Waals surface area contributed by atoms with Gasteiger partial charge in [-0.1, -0.05) is 51.3 Å². The first-order valence-electron chi connectivity index (χ1n) is 17.2. The van der Waals surface area contributed by atoms with Crippen molar-refractivity contribution in [2.75, 3.05) is 37.8 Å². The maximum Gasteiger partial charge on any atom is 0.263 e. The minimum absolute atomic E-state index is 0.0591. The van der Waals surface area contributed by atoms with Gasteiger partial charge in [-0.05, 0) is 91.8 Å². The molecule has 0 radical (unpaired) electrons. The molecule has 6 unspecified atom stereocenters. The highest BCUT2D eigenvalue weighted by Gasteiger charge is 2.37. The number of ether oxygens (including phenoxy) is 3. The summed E-state index contributed by atoms with van der Waals surface area (Å²) in [5, 5.41) is 0.615. The van der Waals surface area contributed by atoms with Crippen molar-refractivity contribution in [1.29, 1.82) is 0 Å². The number of fused-ring (bicyclic) bond motifs is 1. The molecule has 254 valence electrons. The summed E-state index contributed by atoms with van der Waals surface area (Å²) in [7, 11) is -1.48. The number of aryl methyl sites for hydroxylation is 1. The van der Waals surface area contributed by atoms with Gasteiger partial charge in [-0.3, -0.25) is 9.52 Å². The van der Waals surface area contributed by atoms with Gasteiger partial charge in [-0.15, -0.1) is 0 Å². The Morgan fingerprint density at radius 2 is 1.83 bits per heavy atom. The fourth-order valence-electron chi connectivity index (χ4n) is 7.01. The molecule has 2 fully saturated rings. The molecule has 3 N–H and O–H groups in total. The zero-order valence-corrected chi connectivity index (χ0v) is 29.4. The molecule has 2 aliphatic heterocycles. The number of amides is 1. The molecule has 8 nitrogen and oxygen atoms in total. The number of hydrogen-bond donors (Lipinski definition) is 2. The van der Waals surface area contributed by atoms with Gasteiger partial charge in [0.1, 0.15) is 16.7 Å². The van der Waals surface area contributed by atoms with Gasteiger partial charge in [-0.2, -0.15) is 0 Å². The Morgan fingerprint density at radius 3 is 2.52 bits per heavy atom. The quantitative estimate of drug-likeness (QED) is 0.247. The Labute approximate surface area is 282 Å². The summed E-state index contributed by atoms with van der Waals surface area (Å²) in [6, 6.07) is 11.7. The standard InChI is InChI=1S/C36H52ClN3O5S/c1-5-7-23(3)24(4)46(42)39-36(41)27-11-14-34-33(16-27)40(18-28-10-9-25(28)17-35-44-21-31(38)22-45-35)19-29(20-43-34)32-13-12-30(37)15-26(32)8-6-2/h11-16,23-25,28-29,31,35H,5-10,17-22,38H2,1-4H3,(H,39,41). The van der Waals surface area contributed by atoms with Crippen LogP contribution in [-0.2, 0) is 26.9 Å². The second-order valence-corrected chi connectivity index (χ2v) is 15.6. The number of nitrogens with zero attached hydrogens (tertiary/aromatic N) is 1. The fourth-order valence-corrected chi connectivity index (χ4v) is 8.25. The molecular formula is C36H52ClN3O5S. The van der Waals surface area contributed by atoms with Crippen LogP contribution in [0.15, 0.2) is 36.4 Å². The van der Waals surface area contributed by atoms with Crippen LogP contribution < -0.4 is 20.1 Å². The molecule has 2 aromatic carbocycles. The molecular weight excluding hydrogens is 622 g/mol. The van der Waals surface area contributed by atoms with Gasteiger partial charge in [0.05, 0.1) is 36.8 Å². The van der Waals surface area contributed by atoms with Gasteiger partial charge in [0.15, 0.2) is 6.29 Å². The van der Waals surface area contributed by atoms with Gasteiger partial charge in [0, 0.05) is 36.0 Å². The van der Waals surface area contributed by atoms with Crippen molar-refractivity contribution >= 4 is 34.2 Å². The van der Waals surface area contributed by atoms with E-state index in [1.54, 1.807) is 6.07 Å².